The molecule has 136 valence electrons. The van der Waals surface area contributed by atoms with Crippen LogP contribution in [0, 0.1) is 5.82 Å². The second-order valence-corrected chi connectivity index (χ2v) is 5.78. The van der Waals surface area contributed by atoms with Gasteiger partial charge in [-0.15, -0.1) is 0 Å². The third kappa shape index (κ3) is 4.96. The summed E-state index contributed by atoms with van der Waals surface area (Å²) < 4.78 is 63.5. The number of aromatic nitrogens is 1. The van der Waals surface area contributed by atoms with Gasteiger partial charge in [-0.05, 0) is 44.2 Å². The number of rotatable bonds is 6. The molecule has 0 spiro atoms. The summed E-state index contributed by atoms with van der Waals surface area (Å²) in [4.78, 5) is 3.54. The number of hydrazine groups is 1. The first kappa shape index (κ1) is 18.8. The molecule has 1 aromatic heterocycles. The average Bonchev–Trinajstić information content (AvgIpc) is 2.53. The lowest BCUT2D eigenvalue weighted by Crippen LogP contribution is -2.36. The lowest BCUT2D eigenvalue weighted by molar-refractivity contribution is -0.138. The normalized spacial score (nSPS) is 12.0. The molecular formula is C16H17F4N3O2. The van der Waals surface area contributed by atoms with Gasteiger partial charge in [0, 0.05) is 6.20 Å². The number of halogens is 4. The number of anilines is 1. The highest BCUT2D eigenvalue weighted by molar-refractivity contribution is 5.52. The maximum Gasteiger partial charge on any atom is 0.423 e. The molecule has 2 rings (SSSR count). The number of ether oxygens (including phenoxy) is 2. The van der Waals surface area contributed by atoms with Gasteiger partial charge in [-0.25, -0.2) is 15.2 Å². The van der Waals surface area contributed by atoms with Crippen LogP contribution in [0.4, 0.5) is 23.4 Å². The van der Waals surface area contributed by atoms with Gasteiger partial charge >= 0.3 is 6.18 Å². The SMILES string of the molecule is CC(C)(COc1ccnc(NN)c1C(F)(F)F)Oc1ccc(F)cc1. The molecule has 0 saturated heterocycles. The molecule has 0 radical (unpaired) electrons. The highest BCUT2D eigenvalue weighted by atomic mass is 19.4. The number of nitrogen functional groups attached to an aromatic ring is 1. The van der Waals surface area contributed by atoms with Gasteiger partial charge in [0.25, 0.3) is 0 Å². The molecular weight excluding hydrogens is 342 g/mol. The van der Waals surface area contributed by atoms with E-state index in [1.807, 2.05) is 5.43 Å². The third-order valence-electron chi connectivity index (χ3n) is 3.12. The molecule has 0 fully saturated rings. The van der Waals surface area contributed by atoms with Crippen molar-refractivity contribution >= 4 is 5.82 Å². The van der Waals surface area contributed by atoms with E-state index in [0.717, 1.165) is 12.3 Å². The van der Waals surface area contributed by atoms with Gasteiger partial charge < -0.3 is 14.9 Å². The second-order valence-electron chi connectivity index (χ2n) is 5.78. The van der Waals surface area contributed by atoms with Crippen molar-refractivity contribution in [1.29, 1.82) is 0 Å². The Kier molecular flexibility index (Phi) is 5.36. The molecule has 0 bridgehead atoms. The predicted octanol–water partition coefficient (Wildman–Crippen LogP) is 3.76. The van der Waals surface area contributed by atoms with Crippen LogP contribution in [0.25, 0.3) is 0 Å². The zero-order chi connectivity index (χ0) is 18.7. The topological polar surface area (TPSA) is 69.4 Å². The van der Waals surface area contributed by atoms with E-state index in [-0.39, 0.29) is 6.61 Å². The van der Waals surface area contributed by atoms with Crippen molar-refractivity contribution in [2.75, 3.05) is 12.0 Å². The van der Waals surface area contributed by atoms with Crippen LogP contribution in [0.1, 0.15) is 19.4 Å². The van der Waals surface area contributed by atoms with Crippen molar-refractivity contribution < 1.29 is 27.0 Å². The van der Waals surface area contributed by atoms with Gasteiger partial charge in [0.2, 0.25) is 0 Å². The van der Waals surface area contributed by atoms with Crippen LogP contribution in [-0.4, -0.2) is 17.2 Å². The Morgan fingerprint density at radius 2 is 1.76 bits per heavy atom. The molecule has 0 atom stereocenters. The van der Waals surface area contributed by atoms with Crippen LogP contribution < -0.4 is 20.7 Å². The summed E-state index contributed by atoms with van der Waals surface area (Å²) in [6.45, 7) is 3.07. The van der Waals surface area contributed by atoms with Crippen molar-refractivity contribution in [2.45, 2.75) is 25.6 Å². The first-order valence-corrected chi connectivity index (χ1v) is 7.22. The van der Waals surface area contributed by atoms with Gasteiger partial charge in [0.1, 0.15) is 35.1 Å². The van der Waals surface area contributed by atoms with E-state index < -0.39 is 34.7 Å². The summed E-state index contributed by atoms with van der Waals surface area (Å²) in [6.07, 6.45) is -3.55. The van der Waals surface area contributed by atoms with Gasteiger partial charge in [-0.1, -0.05) is 0 Å². The quantitative estimate of drug-likeness (QED) is 0.467. The number of hydrogen-bond acceptors (Lipinski definition) is 5. The number of nitrogens with one attached hydrogen (secondary N) is 1. The predicted molar refractivity (Wildman–Crippen MR) is 83.7 cm³/mol. The maximum atomic E-state index is 13.2. The van der Waals surface area contributed by atoms with E-state index in [1.165, 1.54) is 24.3 Å². The number of hydrogen-bond donors (Lipinski definition) is 2. The molecule has 2 aromatic rings. The summed E-state index contributed by atoms with van der Waals surface area (Å²) in [7, 11) is 0. The Morgan fingerprint density at radius 1 is 1.12 bits per heavy atom. The van der Waals surface area contributed by atoms with Crippen LogP contribution in [0.2, 0.25) is 0 Å². The first-order valence-electron chi connectivity index (χ1n) is 7.22. The second kappa shape index (κ2) is 7.14. The summed E-state index contributed by atoms with van der Waals surface area (Å²) in [5.74, 6) is 4.07. The van der Waals surface area contributed by atoms with E-state index in [0.29, 0.717) is 5.75 Å². The molecule has 0 saturated carbocycles. The van der Waals surface area contributed by atoms with Crippen LogP contribution in [0.3, 0.4) is 0 Å². The van der Waals surface area contributed by atoms with Crippen molar-refractivity contribution in [3.05, 3.63) is 47.9 Å². The average molecular weight is 359 g/mol. The van der Waals surface area contributed by atoms with Gasteiger partial charge in [0.15, 0.2) is 5.82 Å². The first-order chi connectivity index (χ1) is 11.6. The molecule has 0 unspecified atom stereocenters. The van der Waals surface area contributed by atoms with E-state index in [4.69, 9.17) is 15.3 Å². The fourth-order valence-corrected chi connectivity index (χ4v) is 2.05. The number of alkyl halides is 3. The largest absolute Gasteiger partial charge is 0.489 e. The number of benzene rings is 1. The molecule has 25 heavy (non-hydrogen) atoms. The highest BCUT2D eigenvalue weighted by Crippen LogP contribution is 2.40. The van der Waals surface area contributed by atoms with Crippen LogP contribution in [0.15, 0.2) is 36.5 Å². The smallest absolute Gasteiger partial charge is 0.423 e. The monoisotopic (exact) mass is 359 g/mol. The molecule has 0 aliphatic rings. The summed E-state index contributed by atoms with van der Waals surface area (Å²) in [5.41, 5.74) is -0.167. The minimum atomic E-state index is -4.70. The Bertz CT molecular complexity index is 718. The van der Waals surface area contributed by atoms with E-state index in [1.54, 1.807) is 13.8 Å². The molecule has 0 aliphatic heterocycles. The van der Waals surface area contributed by atoms with Crippen molar-refractivity contribution in [3.63, 3.8) is 0 Å². The zero-order valence-corrected chi connectivity index (χ0v) is 13.5. The maximum absolute atomic E-state index is 13.2. The zero-order valence-electron chi connectivity index (χ0n) is 13.5. The number of pyridine rings is 1. The fourth-order valence-electron chi connectivity index (χ4n) is 2.05. The third-order valence-corrected chi connectivity index (χ3v) is 3.12. The van der Waals surface area contributed by atoms with Crippen LogP contribution >= 0.6 is 0 Å². The summed E-state index contributed by atoms with van der Waals surface area (Å²) in [5, 5.41) is 0. The van der Waals surface area contributed by atoms with Crippen molar-refractivity contribution in [2.24, 2.45) is 5.84 Å². The molecule has 0 amide bonds. The minimum Gasteiger partial charge on any atom is -0.489 e. The lowest BCUT2D eigenvalue weighted by atomic mass is 10.1. The van der Waals surface area contributed by atoms with Gasteiger partial charge in [-0.3, -0.25) is 0 Å². The van der Waals surface area contributed by atoms with Gasteiger partial charge in [-0.2, -0.15) is 13.2 Å². The Balaban J connectivity index is 2.16. The molecule has 1 heterocycles. The minimum absolute atomic E-state index is 0.193. The van der Waals surface area contributed by atoms with Crippen molar-refractivity contribution in [3.8, 4) is 11.5 Å². The summed E-state index contributed by atoms with van der Waals surface area (Å²) >= 11 is 0. The number of nitrogens with zero attached hydrogens (tertiary/aromatic N) is 1. The highest BCUT2D eigenvalue weighted by Gasteiger charge is 2.38. The standard InChI is InChI=1S/C16H17F4N3O2/c1-15(2,25-11-5-3-10(17)4-6-11)9-24-12-7-8-22-14(23-21)13(12)16(18,19)20/h3-8H,9,21H2,1-2H3,(H,22,23). The molecule has 5 nitrogen and oxygen atoms in total. The van der Waals surface area contributed by atoms with E-state index >= 15 is 0 Å². The molecule has 3 N–H and O–H groups in total. The van der Waals surface area contributed by atoms with Crippen LogP contribution in [-0.2, 0) is 6.18 Å². The molecule has 1 aromatic carbocycles. The van der Waals surface area contributed by atoms with Gasteiger partial charge in [0.05, 0.1) is 0 Å². The molecule has 9 heteroatoms. The number of nitrogens with two attached hydrogens (primary N) is 1. The Labute approximate surface area is 141 Å². The van der Waals surface area contributed by atoms with E-state index in [2.05, 4.69) is 4.98 Å². The Hall–Kier alpha value is -2.55. The summed E-state index contributed by atoms with van der Waals surface area (Å²) in [6, 6.07) is 6.37. The Morgan fingerprint density at radius 3 is 2.32 bits per heavy atom. The lowest BCUT2D eigenvalue weighted by Gasteiger charge is -2.27. The molecule has 0 aliphatic carbocycles. The fraction of sp³-hybridized carbons (Fsp3) is 0.312. The van der Waals surface area contributed by atoms with Crippen LogP contribution in [0.5, 0.6) is 11.5 Å². The van der Waals surface area contributed by atoms with E-state index in [9.17, 15) is 17.6 Å². The van der Waals surface area contributed by atoms with Crippen molar-refractivity contribution in [1.82, 2.24) is 4.98 Å².